The van der Waals surface area contributed by atoms with Gasteiger partial charge in [0.1, 0.15) is 4.88 Å². The molecule has 2 heterocycles. The minimum absolute atomic E-state index is 0.0543. The van der Waals surface area contributed by atoms with Crippen LogP contribution in [0, 0.1) is 3.95 Å². The molecule has 6 nitrogen and oxygen atoms in total. The number of benzene rings is 1. The molecule has 3 rings (SSSR count). The number of hydrogen-bond acceptors (Lipinski definition) is 5. The van der Waals surface area contributed by atoms with Crippen LogP contribution in [0.3, 0.4) is 0 Å². The van der Waals surface area contributed by atoms with Crippen molar-refractivity contribution in [2.75, 3.05) is 0 Å². The summed E-state index contributed by atoms with van der Waals surface area (Å²) < 4.78 is 2.27. The molecule has 1 amide bonds. The first-order chi connectivity index (χ1) is 14.5. The van der Waals surface area contributed by atoms with Gasteiger partial charge in [0.25, 0.3) is 5.91 Å². The van der Waals surface area contributed by atoms with Crippen molar-refractivity contribution in [2.45, 2.75) is 64.3 Å². The van der Waals surface area contributed by atoms with Gasteiger partial charge in [-0.2, -0.15) is 0 Å². The predicted molar refractivity (Wildman–Crippen MR) is 119 cm³/mol. The molecular weight excluding hydrogens is 420 g/mol. The van der Waals surface area contributed by atoms with Gasteiger partial charge in [-0.1, -0.05) is 56.7 Å². The molecule has 0 atom stereocenters. The van der Waals surface area contributed by atoms with E-state index in [4.69, 9.17) is 17.3 Å². The molecule has 30 heavy (non-hydrogen) atoms. The minimum atomic E-state index is -0.720. The van der Waals surface area contributed by atoms with Gasteiger partial charge in [-0.25, -0.2) is 4.99 Å². The average molecular weight is 447 g/mol. The highest BCUT2D eigenvalue weighted by molar-refractivity contribution is 7.73. The number of rotatable bonds is 12. The van der Waals surface area contributed by atoms with Crippen LogP contribution < -0.4 is 10.6 Å². The van der Waals surface area contributed by atoms with E-state index < -0.39 is 5.97 Å². The Morgan fingerprint density at radius 1 is 1.03 bits per heavy atom. The maximum atomic E-state index is 12.4. The average Bonchev–Trinajstić information content (AvgIpc) is 3.18. The van der Waals surface area contributed by atoms with Crippen LogP contribution in [0.5, 0.6) is 5.88 Å². The van der Waals surface area contributed by atoms with Crippen molar-refractivity contribution in [1.29, 1.82) is 0 Å². The summed E-state index contributed by atoms with van der Waals surface area (Å²) in [5.41, 5.74) is 0.431. The molecule has 0 bridgehead atoms. The number of fused-ring (bicyclic) bond motifs is 1. The molecule has 1 aromatic heterocycles. The number of carbonyl (C=O) groups is 2. The third-order valence-electron chi connectivity index (χ3n) is 5.23. The van der Waals surface area contributed by atoms with E-state index in [0.717, 1.165) is 56.6 Å². The summed E-state index contributed by atoms with van der Waals surface area (Å²) in [6.45, 7) is 0.625. The molecule has 0 unspecified atom stereocenters. The molecule has 1 aromatic carbocycles. The highest BCUT2D eigenvalue weighted by Crippen LogP contribution is 2.32. The van der Waals surface area contributed by atoms with Gasteiger partial charge in [0, 0.05) is 18.2 Å². The number of nitrogens with zero attached hydrogens (tertiary/aromatic N) is 2. The van der Waals surface area contributed by atoms with Crippen LogP contribution in [0.15, 0.2) is 29.3 Å². The first-order valence-corrected chi connectivity index (χ1v) is 11.6. The summed E-state index contributed by atoms with van der Waals surface area (Å²) in [5.74, 6) is -1.00. The van der Waals surface area contributed by atoms with Crippen LogP contribution in [0.2, 0.25) is 0 Å². The van der Waals surface area contributed by atoms with E-state index in [1.165, 1.54) is 11.3 Å². The third kappa shape index (κ3) is 5.43. The van der Waals surface area contributed by atoms with E-state index in [9.17, 15) is 14.7 Å². The molecule has 160 valence electrons. The molecule has 0 saturated heterocycles. The van der Waals surface area contributed by atoms with E-state index in [1.54, 1.807) is 10.6 Å². The number of aliphatic carboxylic acids is 1. The van der Waals surface area contributed by atoms with E-state index >= 15 is 0 Å². The number of aromatic hydroxyl groups is 1. The molecule has 8 heteroatoms. The number of aromatic nitrogens is 1. The second kappa shape index (κ2) is 10.6. The molecule has 0 saturated carbocycles. The van der Waals surface area contributed by atoms with Gasteiger partial charge in [0.15, 0.2) is 3.95 Å². The highest BCUT2D eigenvalue weighted by Gasteiger charge is 2.24. The van der Waals surface area contributed by atoms with Crippen molar-refractivity contribution in [2.24, 2.45) is 4.99 Å². The van der Waals surface area contributed by atoms with Crippen LogP contribution in [0.4, 0.5) is 0 Å². The zero-order valence-electron chi connectivity index (χ0n) is 16.8. The standard InChI is InChI=1S/C22H26N2O4S2/c25-17(26)13-7-5-3-1-2-4-6-10-14-24-21(28)19(30-22(24)29)18-15-11-8-9-12-16(15)23-20(18)27/h8-9,11-12,28H,1-7,10,13-14H2,(H,25,26). The lowest BCUT2D eigenvalue weighted by Crippen LogP contribution is -2.22. The predicted octanol–water partition coefficient (Wildman–Crippen LogP) is 3.94. The van der Waals surface area contributed by atoms with Crippen molar-refractivity contribution < 1.29 is 19.8 Å². The van der Waals surface area contributed by atoms with Crippen molar-refractivity contribution in [3.05, 3.63) is 43.7 Å². The van der Waals surface area contributed by atoms with Crippen LogP contribution in [-0.2, 0) is 16.1 Å². The quantitative estimate of drug-likeness (QED) is 0.381. The smallest absolute Gasteiger partial charge is 0.303 e. The maximum absolute atomic E-state index is 12.4. The molecule has 0 spiro atoms. The fraction of sp³-hybridized carbons (Fsp3) is 0.455. The second-order valence-electron chi connectivity index (χ2n) is 7.45. The fourth-order valence-corrected chi connectivity index (χ4v) is 5.04. The number of amides is 1. The Labute approximate surface area is 184 Å². The van der Waals surface area contributed by atoms with Gasteiger partial charge < -0.3 is 10.2 Å². The van der Waals surface area contributed by atoms with Gasteiger partial charge in [-0.15, -0.1) is 11.3 Å². The maximum Gasteiger partial charge on any atom is 0.303 e. The van der Waals surface area contributed by atoms with E-state index in [-0.39, 0.29) is 18.2 Å². The Morgan fingerprint density at radius 2 is 1.67 bits per heavy atom. The Morgan fingerprint density at radius 3 is 2.37 bits per heavy atom. The first kappa shape index (κ1) is 22.4. The number of hydrogen-bond donors (Lipinski definition) is 2. The molecule has 2 N–H and O–H groups in total. The van der Waals surface area contributed by atoms with Crippen LogP contribution in [0.25, 0.3) is 5.57 Å². The van der Waals surface area contributed by atoms with Crippen molar-refractivity contribution in [3.8, 4) is 5.88 Å². The monoisotopic (exact) mass is 446 g/mol. The van der Waals surface area contributed by atoms with E-state index in [2.05, 4.69) is 4.99 Å². The number of thiazole rings is 1. The lowest BCUT2D eigenvalue weighted by Gasteiger charge is -2.06. The van der Waals surface area contributed by atoms with Gasteiger partial charge in [-0.3, -0.25) is 14.2 Å². The number of para-hydroxylation sites is 1. The molecule has 0 aliphatic carbocycles. The van der Waals surface area contributed by atoms with E-state index in [1.807, 2.05) is 18.2 Å². The minimum Gasteiger partial charge on any atom is -0.493 e. The molecule has 0 radical (unpaired) electrons. The lowest BCUT2D eigenvalue weighted by molar-refractivity contribution is -0.137. The SMILES string of the molecule is O=C(O)CCCCCCCCCCn1c(O)c(C2=c3ccccc3=NC2=O)sc1=S. The van der Waals surface area contributed by atoms with Gasteiger partial charge in [0.2, 0.25) is 5.88 Å². The topological polar surface area (TPSA) is 91.9 Å². The van der Waals surface area contributed by atoms with Gasteiger partial charge in [-0.05, 0) is 31.1 Å². The lowest BCUT2D eigenvalue weighted by atomic mass is 10.1. The molecule has 1 aliphatic rings. The Balaban J connectivity index is 1.51. The molecule has 0 fully saturated rings. The number of carbonyl (C=O) groups excluding carboxylic acids is 1. The molecular formula is C22H26N2O4S2. The Hall–Kier alpha value is -2.32. The summed E-state index contributed by atoms with van der Waals surface area (Å²) in [7, 11) is 0. The normalized spacial score (nSPS) is 12.8. The first-order valence-electron chi connectivity index (χ1n) is 10.4. The Bertz CT molecular complexity index is 1100. The zero-order chi connectivity index (χ0) is 21.5. The summed E-state index contributed by atoms with van der Waals surface area (Å²) in [6.07, 6.45) is 8.36. The third-order valence-corrected chi connectivity index (χ3v) is 6.68. The van der Waals surface area contributed by atoms with Crippen molar-refractivity contribution in [3.63, 3.8) is 0 Å². The van der Waals surface area contributed by atoms with Crippen LogP contribution in [-0.4, -0.2) is 26.7 Å². The summed E-state index contributed by atoms with van der Waals surface area (Å²) >= 11 is 6.69. The van der Waals surface area contributed by atoms with E-state index in [0.29, 0.717) is 26.3 Å². The summed E-state index contributed by atoms with van der Waals surface area (Å²) in [5, 5.41) is 20.7. The number of unbranched alkanes of at least 4 members (excludes halogenated alkanes) is 7. The fourth-order valence-electron chi connectivity index (χ4n) is 3.65. The van der Waals surface area contributed by atoms with Crippen molar-refractivity contribution >= 4 is 41.0 Å². The zero-order valence-corrected chi connectivity index (χ0v) is 18.4. The van der Waals surface area contributed by atoms with Gasteiger partial charge in [0.05, 0.1) is 10.9 Å². The Kier molecular flexibility index (Phi) is 7.93. The van der Waals surface area contributed by atoms with Gasteiger partial charge >= 0.3 is 5.97 Å². The summed E-state index contributed by atoms with van der Waals surface area (Å²) in [4.78, 5) is 27.4. The molecule has 1 aliphatic heterocycles. The largest absolute Gasteiger partial charge is 0.493 e. The van der Waals surface area contributed by atoms with Crippen LogP contribution >= 0.6 is 23.6 Å². The summed E-state index contributed by atoms with van der Waals surface area (Å²) in [6, 6.07) is 7.32. The van der Waals surface area contributed by atoms with Crippen LogP contribution in [0.1, 0.15) is 62.7 Å². The van der Waals surface area contributed by atoms with Crippen molar-refractivity contribution in [1.82, 2.24) is 4.57 Å². The number of carboxylic acids is 1. The second-order valence-corrected chi connectivity index (χ2v) is 9.10. The molecule has 2 aromatic rings. The highest BCUT2D eigenvalue weighted by atomic mass is 32.1. The number of carboxylic acid groups (broad SMARTS) is 1.